The van der Waals surface area contributed by atoms with Crippen LogP contribution in [0.1, 0.15) is 17.5 Å². The smallest absolute Gasteiger partial charge is 0.328 e. The van der Waals surface area contributed by atoms with E-state index in [4.69, 9.17) is 14.3 Å². The average molecular weight is 380 g/mol. The molecule has 6 heteroatoms. The summed E-state index contributed by atoms with van der Waals surface area (Å²) in [6, 6.07) is 16.0. The Labute approximate surface area is 161 Å². The number of carbonyl (C=O) groups is 1. The summed E-state index contributed by atoms with van der Waals surface area (Å²) in [6.45, 7) is 0.294. The summed E-state index contributed by atoms with van der Waals surface area (Å²) in [4.78, 5) is 16.5. The second-order valence-corrected chi connectivity index (χ2v) is 5.83. The van der Waals surface area contributed by atoms with Gasteiger partial charge in [0.05, 0.1) is 20.1 Å². The van der Waals surface area contributed by atoms with E-state index in [1.165, 1.54) is 10.6 Å². The Balaban J connectivity index is 0.00000338. The zero-order chi connectivity index (χ0) is 18.1. The number of aryl methyl sites for hydroxylation is 2. The van der Waals surface area contributed by atoms with E-state index < -0.39 is 0 Å². The van der Waals surface area contributed by atoms with Gasteiger partial charge in [0.1, 0.15) is 11.5 Å². The number of para-hydroxylation sites is 1. The zero-order valence-electron chi connectivity index (χ0n) is 15.4. The van der Waals surface area contributed by atoms with Crippen LogP contribution in [-0.2, 0) is 22.5 Å². The van der Waals surface area contributed by atoms with Gasteiger partial charge in [-0.2, -0.15) is 0 Å². The van der Waals surface area contributed by atoms with Gasteiger partial charge in [-0.25, -0.2) is 0 Å². The third-order valence-electron chi connectivity index (χ3n) is 3.64. The molecule has 26 heavy (non-hydrogen) atoms. The molecule has 142 valence electrons. The molecule has 0 radical (unpaired) electrons. The van der Waals surface area contributed by atoms with Gasteiger partial charge in [0.25, 0.3) is 0 Å². The molecule has 0 N–H and O–H groups in total. The molecule has 0 saturated heterocycles. The molecule has 2 rings (SSSR count). The van der Waals surface area contributed by atoms with E-state index in [1.807, 2.05) is 42.5 Å². The second kappa shape index (κ2) is 11.4. The highest BCUT2D eigenvalue weighted by Gasteiger charge is 2.08. The lowest BCUT2D eigenvalue weighted by Gasteiger charge is -2.13. The largest absolute Gasteiger partial charge is 0.497 e. The molecule has 0 amide bonds. The summed E-state index contributed by atoms with van der Waals surface area (Å²) >= 11 is 0. The minimum absolute atomic E-state index is 0. The second-order valence-electron chi connectivity index (χ2n) is 5.83. The number of methoxy groups -OCH3 is 1. The first-order chi connectivity index (χ1) is 12.1. The summed E-state index contributed by atoms with van der Waals surface area (Å²) in [5.41, 5.74) is 2.33. The first-order valence-electron chi connectivity index (χ1n) is 8.30. The van der Waals surface area contributed by atoms with Gasteiger partial charge in [0, 0.05) is 14.1 Å². The van der Waals surface area contributed by atoms with Crippen LogP contribution < -0.4 is 9.47 Å². The Morgan fingerprint density at radius 3 is 2.54 bits per heavy atom. The first kappa shape index (κ1) is 21.8. The fraction of sp³-hybridized carbons (Fsp3) is 0.350. The maximum atomic E-state index is 11.5. The topological polar surface area (TPSA) is 48.0 Å². The number of nitrogens with zero attached hydrogens (tertiary/aromatic N) is 1. The van der Waals surface area contributed by atoms with Crippen LogP contribution in [0.25, 0.3) is 0 Å². The lowest BCUT2D eigenvalue weighted by molar-refractivity contribution is -0.178. The molecule has 0 aliphatic rings. The van der Waals surface area contributed by atoms with Crippen molar-refractivity contribution >= 4 is 18.4 Å². The van der Waals surface area contributed by atoms with Crippen molar-refractivity contribution in [3.8, 4) is 11.5 Å². The highest BCUT2D eigenvalue weighted by atomic mass is 35.5. The predicted octanol–water partition coefficient (Wildman–Crippen LogP) is 3.69. The summed E-state index contributed by atoms with van der Waals surface area (Å²) in [7, 11) is 5.02. The molecule has 0 unspecified atom stereocenters. The van der Waals surface area contributed by atoms with Gasteiger partial charge < -0.3 is 14.3 Å². The molecule has 0 atom stereocenters. The normalized spacial score (nSPS) is 10.2. The van der Waals surface area contributed by atoms with Crippen LogP contribution in [-0.4, -0.2) is 38.8 Å². The van der Waals surface area contributed by atoms with Crippen LogP contribution in [0.2, 0.25) is 0 Å². The van der Waals surface area contributed by atoms with E-state index in [2.05, 4.69) is 6.07 Å². The molecular weight excluding hydrogens is 354 g/mol. The number of hydrogen-bond acceptors (Lipinski definition) is 5. The molecule has 2 aromatic rings. The summed E-state index contributed by atoms with van der Waals surface area (Å²) in [5, 5.41) is 1.38. The number of hydroxylamine groups is 2. The number of carbonyl (C=O) groups excluding carboxylic acids is 1. The highest BCUT2D eigenvalue weighted by Crippen LogP contribution is 2.21. The van der Waals surface area contributed by atoms with Crippen molar-refractivity contribution in [2.24, 2.45) is 0 Å². The third kappa shape index (κ3) is 7.33. The van der Waals surface area contributed by atoms with Crippen molar-refractivity contribution in [3.63, 3.8) is 0 Å². The number of benzene rings is 2. The molecule has 0 aliphatic carbocycles. The van der Waals surface area contributed by atoms with E-state index in [1.54, 1.807) is 21.2 Å². The van der Waals surface area contributed by atoms with E-state index in [9.17, 15) is 4.79 Å². The standard InChI is InChI=1S/C20H25NO4.ClH/c1-21(2)25-20(22)13-14-24-19-10-5-4-8-17(19)12-11-16-7-6-9-18(15-16)23-3;/h4-10,15H,11-14H2,1-3H3;1H. The molecule has 2 aromatic carbocycles. The van der Waals surface area contributed by atoms with Gasteiger partial charge in [-0.3, -0.25) is 4.79 Å². The van der Waals surface area contributed by atoms with Crippen molar-refractivity contribution < 1.29 is 19.1 Å². The molecule has 0 aromatic heterocycles. The van der Waals surface area contributed by atoms with Crippen LogP contribution in [0.3, 0.4) is 0 Å². The molecule has 0 bridgehead atoms. The number of halogens is 1. The molecule has 0 aliphatic heterocycles. The Morgan fingerprint density at radius 2 is 1.81 bits per heavy atom. The zero-order valence-corrected chi connectivity index (χ0v) is 16.3. The molecule has 5 nitrogen and oxygen atoms in total. The maximum absolute atomic E-state index is 11.5. The van der Waals surface area contributed by atoms with Gasteiger partial charge in [-0.05, 0) is 42.2 Å². The number of ether oxygens (including phenoxy) is 2. The van der Waals surface area contributed by atoms with Gasteiger partial charge in [0.15, 0.2) is 0 Å². The van der Waals surface area contributed by atoms with E-state index in [0.717, 1.165) is 29.9 Å². The third-order valence-corrected chi connectivity index (χ3v) is 3.64. The van der Waals surface area contributed by atoms with Crippen molar-refractivity contribution in [3.05, 3.63) is 59.7 Å². The van der Waals surface area contributed by atoms with Crippen molar-refractivity contribution in [2.75, 3.05) is 27.8 Å². The summed E-state index contributed by atoms with van der Waals surface area (Å²) < 4.78 is 11.0. The van der Waals surface area contributed by atoms with Crippen LogP contribution >= 0.6 is 12.4 Å². The van der Waals surface area contributed by atoms with E-state index >= 15 is 0 Å². The highest BCUT2D eigenvalue weighted by molar-refractivity contribution is 5.85. The van der Waals surface area contributed by atoms with Gasteiger partial charge in [0.2, 0.25) is 0 Å². The predicted molar refractivity (Wildman–Crippen MR) is 104 cm³/mol. The maximum Gasteiger partial charge on any atom is 0.328 e. The Bertz CT molecular complexity index is 691. The van der Waals surface area contributed by atoms with Crippen LogP contribution in [0.5, 0.6) is 11.5 Å². The van der Waals surface area contributed by atoms with Crippen molar-refractivity contribution in [1.29, 1.82) is 0 Å². The monoisotopic (exact) mass is 379 g/mol. The van der Waals surface area contributed by atoms with Crippen LogP contribution in [0, 0.1) is 0 Å². The fourth-order valence-electron chi connectivity index (χ4n) is 2.45. The number of hydrogen-bond donors (Lipinski definition) is 0. The summed E-state index contributed by atoms with van der Waals surface area (Å²) in [6.07, 6.45) is 1.95. The first-order valence-corrected chi connectivity index (χ1v) is 8.30. The minimum Gasteiger partial charge on any atom is -0.497 e. The lowest BCUT2D eigenvalue weighted by atomic mass is 10.0. The van der Waals surface area contributed by atoms with Gasteiger partial charge in [-0.1, -0.05) is 30.3 Å². The molecular formula is C20H26ClNO4. The fourth-order valence-corrected chi connectivity index (χ4v) is 2.45. The SMILES string of the molecule is COc1cccc(CCc2ccccc2OCCC(=O)ON(C)C)c1.Cl. The molecule has 0 heterocycles. The van der Waals surface area contributed by atoms with Crippen molar-refractivity contribution in [2.45, 2.75) is 19.3 Å². The van der Waals surface area contributed by atoms with E-state index in [0.29, 0.717) is 6.61 Å². The molecule has 0 spiro atoms. The number of rotatable bonds is 9. The lowest BCUT2D eigenvalue weighted by Crippen LogP contribution is -2.20. The van der Waals surface area contributed by atoms with Crippen LogP contribution in [0.4, 0.5) is 0 Å². The summed E-state index contributed by atoms with van der Waals surface area (Å²) in [5.74, 6) is 1.36. The van der Waals surface area contributed by atoms with Gasteiger partial charge in [-0.15, -0.1) is 17.5 Å². The molecule has 0 saturated carbocycles. The van der Waals surface area contributed by atoms with Crippen molar-refractivity contribution in [1.82, 2.24) is 5.06 Å². The Hall–Kier alpha value is -2.24. The van der Waals surface area contributed by atoms with Gasteiger partial charge >= 0.3 is 5.97 Å². The quantitative estimate of drug-likeness (QED) is 0.622. The van der Waals surface area contributed by atoms with E-state index in [-0.39, 0.29) is 24.8 Å². The Morgan fingerprint density at radius 1 is 1.04 bits per heavy atom. The average Bonchev–Trinajstić information content (AvgIpc) is 2.60. The Kier molecular flexibility index (Phi) is 9.55. The van der Waals surface area contributed by atoms with Crippen LogP contribution in [0.15, 0.2) is 48.5 Å². The minimum atomic E-state index is -0.307. The molecule has 0 fully saturated rings.